The summed E-state index contributed by atoms with van der Waals surface area (Å²) in [6, 6.07) is 1.57. The normalized spacial score (nSPS) is 18.9. The molecule has 2 heterocycles. The van der Waals surface area contributed by atoms with Crippen molar-refractivity contribution < 1.29 is 14.6 Å². The number of rotatable bonds is 4. The molecule has 0 aromatic carbocycles. The Morgan fingerprint density at radius 1 is 1.60 bits per heavy atom. The number of nitrogens with zero attached hydrogens (tertiary/aromatic N) is 2. The summed E-state index contributed by atoms with van der Waals surface area (Å²) in [6.07, 6.45) is 4.57. The number of esters is 1. The van der Waals surface area contributed by atoms with E-state index in [0.717, 1.165) is 25.8 Å². The Balaban J connectivity index is 2.32. The Kier molecular flexibility index (Phi) is 4.79. The molecule has 0 bridgehead atoms. The van der Waals surface area contributed by atoms with E-state index in [1.807, 2.05) is 4.90 Å². The number of pyridine rings is 1. The van der Waals surface area contributed by atoms with E-state index in [4.69, 9.17) is 10.5 Å². The molecule has 110 valence electrons. The van der Waals surface area contributed by atoms with Gasteiger partial charge in [0.25, 0.3) is 0 Å². The molecule has 1 aromatic heterocycles. The molecule has 0 spiro atoms. The first kappa shape index (κ1) is 14.6. The van der Waals surface area contributed by atoms with Crippen molar-refractivity contribution >= 4 is 17.5 Å². The molecule has 1 aliphatic heterocycles. The summed E-state index contributed by atoms with van der Waals surface area (Å²) in [7, 11) is 0. The van der Waals surface area contributed by atoms with Crippen LogP contribution in [0.1, 0.15) is 36.5 Å². The van der Waals surface area contributed by atoms with Crippen LogP contribution < -0.4 is 10.6 Å². The number of nitrogens with two attached hydrogens (primary N) is 1. The summed E-state index contributed by atoms with van der Waals surface area (Å²) < 4.78 is 4.99. The minimum atomic E-state index is -0.439. The molecule has 0 amide bonds. The molecule has 6 nitrogen and oxygen atoms in total. The van der Waals surface area contributed by atoms with Crippen molar-refractivity contribution in [3.63, 3.8) is 0 Å². The van der Waals surface area contributed by atoms with Crippen LogP contribution in [0, 0.1) is 0 Å². The van der Waals surface area contributed by atoms with Crippen LogP contribution in [0.4, 0.5) is 11.5 Å². The second-order valence-electron chi connectivity index (χ2n) is 4.84. The van der Waals surface area contributed by atoms with Crippen LogP contribution in [-0.4, -0.2) is 41.9 Å². The van der Waals surface area contributed by atoms with Crippen molar-refractivity contribution in [3.8, 4) is 0 Å². The van der Waals surface area contributed by atoms with Gasteiger partial charge in [0.2, 0.25) is 0 Å². The molecule has 20 heavy (non-hydrogen) atoms. The Bertz CT molecular complexity index is 479. The highest BCUT2D eigenvalue weighted by atomic mass is 16.5. The van der Waals surface area contributed by atoms with Crippen LogP contribution in [0.3, 0.4) is 0 Å². The largest absolute Gasteiger partial charge is 0.462 e. The number of ether oxygens (including phenoxy) is 1. The van der Waals surface area contributed by atoms with Gasteiger partial charge in [0.1, 0.15) is 0 Å². The van der Waals surface area contributed by atoms with Crippen LogP contribution in [0.5, 0.6) is 0 Å². The van der Waals surface area contributed by atoms with Crippen LogP contribution >= 0.6 is 0 Å². The highest BCUT2D eigenvalue weighted by molar-refractivity contribution is 5.97. The van der Waals surface area contributed by atoms with Crippen molar-refractivity contribution in [1.29, 1.82) is 0 Å². The minimum Gasteiger partial charge on any atom is -0.462 e. The van der Waals surface area contributed by atoms with Crippen LogP contribution in [0.15, 0.2) is 12.3 Å². The molecular weight excluding hydrogens is 258 g/mol. The molecule has 6 heteroatoms. The molecule has 2 rings (SSSR count). The standard InChI is InChI=1S/C14H21N3O3/c1-2-20-14(19)11-6-7-16-13(12(11)15)17-8-4-3-5-10(17)9-18/h6-7,10,18H,2-5,8-9,15H2,1H3. The number of piperidine rings is 1. The van der Waals surface area contributed by atoms with E-state index in [1.54, 1.807) is 19.2 Å². The van der Waals surface area contributed by atoms with Crippen LogP contribution in [0.2, 0.25) is 0 Å². The van der Waals surface area contributed by atoms with Crippen molar-refractivity contribution in [2.75, 3.05) is 30.4 Å². The number of nitrogen functional groups attached to an aromatic ring is 1. The van der Waals surface area contributed by atoms with Gasteiger partial charge in [-0.05, 0) is 32.3 Å². The van der Waals surface area contributed by atoms with Gasteiger partial charge in [0, 0.05) is 12.7 Å². The average molecular weight is 279 g/mol. The average Bonchev–Trinajstić information content (AvgIpc) is 2.47. The third-order valence-corrected chi connectivity index (χ3v) is 3.57. The van der Waals surface area contributed by atoms with E-state index in [9.17, 15) is 9.90 Å². The summed E-state index contributed by atoms with van der Waals surface area (Å²) >= 11 is 0. The predicted molar refractivity (Wildman–Crippen MR) is 76.7 cm³/mol. The van der Waals surface area contributed by atoms with Gasteiger partial charge in [-0.3, -0.25) is 0 Å². The van der Waals surface area contributed by atoms with Crippen molar-refractivity contribution in [2.45, 2.75) is 32.2 Å². The highest BCUT2D eigenvalue weighted by Crippen LogP contribution is 2.30. The molecule has 0 aliphatic carbocycles. The number of anilines is 2. The molecule has 1 atom stereocenters. The van der Waals surface area contributed by atoms with Crippen molar-refractivity contribution in [1.82, 2.24) is 4.98 Å². The second-order valence-corrected chi connectivity index (χ2v) is 4.84. The Hall–Kier alpha value is -1.82. The number of hydrogen-bond donors (Lipinski definition) is 2. The molecule has 1 aromatic rings. The lowest BCUT2D eigenvalue weighted by atomic mass is 10.0. The number of hydrogen-bond acceptors (Lipinski definition) is 6. The maximum absolute atomic E-state index is 11.9. The van der Waals surface area contributed by atoms with E-state index in [-0.39, 0.29) is 12.6 Å². The van der Waals surface area contributed by atoms with E-state index in [1.165, 1.54) is 0 Å². The number of carbonyl (C=O) groups is 1. The van der Waals surface area contributed by atoms with Crippen LogP contribution in [0.25, 0.3) is 0 Å². The van der Waals surface area contributed by atoms with Gasteiger partial charge in [0.15, 0.2) is 5.82 Å². The fraction of sp³-hybridized carbons (Fsp3) is 0.571. The van der Waals surface area contributed by atoms with Gasteiger partial charge in [-0.25, -0.2) is 9.78 Å². The van der Waals surface area contributed by atoms with E-state index < -0.39 is 5.97 Å². The minimum absolute atomic E-state index is 0.0102. The lowest BCUT2D eigenvalue weighted by molar-refractivity contribution is 0.0527. The van der Waals surface area contributed by atoms with Crippen LogP contribution in [-0.2, 0) is 4.74 Å². The second kappa shape index (κ2) is 6.56. The maximum atomic E-state index is 11.9. The molecule has 0 saturated carbocycles. The van der Waals surface area contributed by atoms with Gasteiger partial charge in [-0.15, -0.1) is 0 Å². The van der Waals surface area contributed by atoms with E-state index >= 15 is 0 Å². The van der Waals surface area contributed by atoms with Gasteiger partial charge >= 0.3 is 5.97 Å². The molecular formula is C14H21N3O3. The molecule has 1 unspecified atom stereocenters. The lowest BCUT2D eigenvalue weighted by Crippen LogP contribution is -2.42. The summed E-state index contributed by atoms with van der Waals surface area (Å²) in [6.45, 7) is 2.90. The molecule has 1 fully saturated rings. The molecule has 3 N–H and O–H groups in total. The lowest BCUT2D eigenvalue weighted by Gasteiger charge is -2.36. The van der Waals surface area contributed by atoms with Gasteiger partial charge in [0.05, 0.1) is 30.5 Å². The van der Waals surface area contributed by atoms with Gasteiger partial charge in [-0.1, -0.05) is 0 Å². The third kappa shape index (κ3) is 2.85. The monoisotopic (exact) mass is 279 g/mol. The fourth-order valence-corrected chi connectivity index (χ4v) is 2.55. The first-order chi connectivity index (χ1) is 9.69. The first-order valence-corrected chi connectivity index (χ1v) is 6.98. The summed E-state index contributed by atoms with van der Waals surface area (Å²) in [4.78, 5) is 18.1. The highest BCUT2D eigenvalue weighted by Gasteiger charge is 2.26. The predicted octanol–water partition coefficient (Wildman–Crippen LogP) is 1.19. The van der Waals surface area contributed by atoms with Crippen molar-refractivity contribution in [3.05, 3.63) is 17.8 Å². The fourth-order valence-electron chi connectivity index (χ4n) is 2.55. The number of carbonyl (C=O) groups excluding carboxylic acids is 1. The van der Waals surface area contributed by atoms with Gasteiger partial charge < -0.3 is 20.5 Å². The first-order valence-electron chi connectivity index (χ1n) is 6.98. The summed E-state index contributed by atoms with van der Waals surface area (Å²) in [5.41, 5.74) is 6.73. The number of aromatic nitrogens is 1. The zero-order valence-corrected chi connectivity index (χ0v) is 11.7. The van der Waals surface area contributed by atoms with Crippen molar-refractivity contribution in [2.24, 2.45) is 0 Å². The number of aliphatic hydroxyl groups excluding tert-OH is 1. The Morgan fingerprint density at radius 3 is 3.10 bits per heavy atom. The summed E-state index contributed by atoms with van der Waals surface area (Å²) in [5.74, 6) is 0.125. The van der Waals surface area contributed by atoms with E-state index in [0.29, 0.717) is 23.7 Å². The van der Waals surface area contributed by atoms with Gasteiger partial charge in [-0.2, -0.15) is 0 Å². The quantitative estimate of drug-likeness (QED) is 0.805. The smallest absolute Gasteiger partial charge is 0.340 e. The topological polar surface area (TPSA) is 88.7 Å². The maximum Gasteiger partial charge on any atom is 0.340 e. The molecule has 0 radical (unpaired) electrons. The zero-order chi connectivity index (χ0) is 14.5. The molecule has 1 aliphatic rings. The van der Waals surface area contributed by atoms with E-state index in [2.05, 4.69) is 4.98 Å². The third-order valence-electron chi connectivity index (χ3n) is 3.57. The Labute approximate surface area is 118 Å². The SMILES string of the molecule is CCOC(=O)c1ccnc(N2CCCCC2CO)c1N. The zero-order valence-electron chi connectivity index (χ0n) is 11.7. The summed E-state index contributed by atoms with van der Waals surface area (Å²) in [5, 5.41) is 9.47. The Morgan fingerprint density at radius 2 is 2.40 bits per heavy atom. The molecule has 1 saturated heterocycles. The number of aliphatic hydroxyl groups is 1.